The van der Waals surface area contributed by atoms with Gasteiger partial charge in [-0.15, -0.1) is 0 Å². The summed E-state index contributed by atoms with van der Waals surface area (Å²) >= 11 is 0. The second-order valence-corrected chi connectivity index (χ2v) is 3.42. The van der Waals surface area contributed by atoms with E-state index in [9.17, 15) is 4.39 Å². The number of hydrogen-bond donors (Lipinski definition) is 0. The van der Waals surface area contributed by atoms with Crippen LogP contribution in [-0.4, -0.2) is 20.3 Å². The molecule has 0 fully saturated rings. The lowest BCUT2D eigenvalue weighted by Crippen LogP contribution is -2.08. The highest BCUT2D eigenvalue weighted by Gasteiger charge is 2.15. The molecule has 0 aliphatic carbocycles. The van der Waals surface area contributed by atoms with Gasteiger partial charge in [-0.3, -0.25) is 0 Å². The molecule has 0 spiro atoms. The zero-order chi connectivity index (χ0) is 10.7. The molecule has 1 aromatic rings. The lowest BCUT2D eigenvalue weighted by atomic mass is 9.99. The summed E-state index contributed by atoms with van der Waals surface area (Å²) in [5.41, 5.74) is 2.14. The van der Waals surface area contributed by atoms with Gasteiger partial charge in [-0.05, 0) is 17.7 Å². The highest BCUT2D eigenvalue weighted by atomic mass is 19.1. The molecule has 0 bridgehead atoms. The van der Waals surface area contributed by atoms with Crippen LogP contribution in [0.5, 0.6) is 5.75 Å². The average Bonchev–Trinajstić information content (AvgIpc) is 2.25. The fourth-order valence-electron chi connectivity index (χ4n) is 1.68. The van der Waals surface area contributed by atoms with Crippen LogP contribution in [0.2, 0.25) is 0 Å². The quantitative estimate of drug-likeness (QED) is 0.743. The Morgan fingerprint density at radius 3 is 3.20 bits per heavy atom. The number of rotatable bonds is 2. The largest absolute Gasteiger partial charge is 0.493 e. The molecular weight excluding hydrogens is 195 g/mol. The molecular formula is C12H13FO2. The maximum atomic E-state index is 12.9. The van der Waals surface area contributed by atoms with Gasteiger partial charge in [0.25, 0.3) is 0 Å². The SMILES string of the molecule is COCC=C1CCOc2cc(F)ccc21. The summed E-state index contributed by atoms with van der Waals surface area (Å²) in [4.78, 5) is 0. The van der Waals surface area contributed by atoms with Crippen molar-refractivity contribution in [1.82, 2.24) is 0 Å². The minimum atomic E-state index is -0.262. The summed E-state index contributed by atoms with van der Waals surface area (Å²) in [7, 11) is 1.65. The van der Waals surface area contributed by atoms with Crippen molar-refractivity contribution in [1.29, 1.82) is 0 Å². The van der Waals surface area contributed by atoms with E-state index in [2.05, 4.69) is 0 Å². The molecule has 0 unspecified atom stereocenters. The van der Waals surface area contributed by atoms with Crippen molar-refractivity contribution in [2.24, 2.45) is 0 Å². The van der Waals surface area contributed by atoms with Gasteiger partial charge in [-0.25, -0.2) is 4.39 Å². The maximum absolute atomic E-state index is 12.9. The Balaban J connectivity index is 2.34. The molecule has 0 aromatic heterocycles. The van der Waals surface area contributed by atoms with Crippen molar-refractivity contribution >= 4 is 5.57 Å². The maximum Gasteiger partial charge on any atom is 0.129 e. The minimum Gasteiger partial charge on any atom is -0.493 e. The topological polar surface area (TPSA) is 18.5 Å². The number of methoxy groups -OCH3 is 1. The van der Waals surface area contributed by atoms with Gasteiger partial charge in [0.2, 0.25) is 0 Å². The van der Waals surface area contributed by atoms with Crippen molar-refractivity contribution in [3.63, 3.8) is 0 Å². The van der Waals surface area contributed by atoms with Gasteiger partial charge < -0.3 is 9.47 Å². The molecule has 0 radical (unpaired) electrons. The van der Waals surface area contributed by atoms with E-state index in [1.807, 2.05) is 6.08 Å². The molecule has 0 amide bonds. The Kier molecular flexibility index (Phi) is 3.02. The first-order valence-corrected chi connectivity index (χ1v) is 4.92. The van der Waals surface area contributed by atoms with Crippen LogP contribution in [-0.2, 0) is 4.74 Å². The molecule has 0 saturated carbocycles. The third-order valence-electron chi connectivity index (χ3n) is 2.41. The fraction of sp³-hybridized carbons (Fsp3) is 0.333. The van der Waals surface area contributed by atoms with Crippen LogP contribution in [0.4, 0.5) is 4.39 Å². The Morgan fingerprint density at radius 1 is 1.53 bits per heavy atom. The standard InChI is InChI=1S/C12H13FO2/c1-14-6-4-9-5-7-15-12-8-10(13)2-3-11(9)12/h2-4,8H,5-7H2,1H3. The van der Waals surface area contributed by atoms with Crippen LogP contribution in [0.25, 0.3) is 5.57 Å². The van der Waals surface area contributed by atoms with Gasteiger partial charge in [0.05, 0.1) is 13.2 Å². The molecule has 1 heterocycles. The van der Waals surface area contributed by atoms with Crippen LogP contribution in [0.3, 0.4) is 0 Å². The highest BCUT2D eigenvalue weighted by molar-refractivity contribution is 5.72. The average molecular weight is 208 g/mol. The lowest BCUT2D eigenvalue weighted by Gasteiger charge is -2.20. The zero-order valence-corrected chi connectivity index (χ0v) is 8.63. The van der Waals surface area contributed by atoms with Gasteiger partial charge in [0.15, 0.2) is 0 Å². The van der Waals surface area contributed by atoms with E-state index < -0.39 is 0 Å². The summed E-state index contributed by atoms with van der Waals surface area (Å²) in [5, 5.41) is 0. The van der Waals surface area contributed by atoms with Gasteiger partial charge in [-0.2, -0.15) is 0 Å². The van der Waals surface area contributed by atoms with Gasteiger partial charge in [-0.1, -0.05) is 6.08 Å². The summed E-state index contributed by atoms with van der Waals surface area (Å²) in [6, 6.07) is 4.63. The van der Waals surface area contributed by atoms with Crippen molar-refractivity contribution in [3.8, 4) is 5.75 Å². The van der Waals surface area contributed by atoms with E-state index in [1.165, 1.54) is 12.1 Å². The zero-order valence-electron chi connectivity index (χ0n) is 8.63. The second kappa shape index (κ2) is 4.45. The van der Waals surface area contributed by atoms with Crippen LogP contribution in [0.1, 0.15) is 12.0 Å². The Labute approximate surface area is 88.3 Å². The van der Waals surface area contributed by atoms with Crippen molar-refractivity contribution in [3.05, 3.63) is 35.7 Å². The predicted molar refractivity (Wildman–Crippen MR) is 56.4 cm³/mol. The molecule has 2 nitrogen and oxygen atoms in total. The van der Waals surface area contributed by atoms with Crippen molar-refractivity contribution in [2.75, 3.05) is 20.3 Å². The number of hydrogen-bond acceptors (Lipinski definition) is 2. The predicted octanol–water partition coefficient (Wildman–Crippen LogP) is 2.64. The van der Waals surface area contributed by atoms with E-state index in [1.54, 1.807) is 13.2 Å². The number of benzene rings is 1. The third kappa shape index (κ3) is 2.18. The molecule has 0 N–H and O–H groups in total. The molecule has 15 heavy (non-hydrogen) atoms. The first kappa shape index (κ1) is 10.2. The minimum absolute atomic E-state index is 0.262. The Hall–Kier alpha value is -1.35. The van der Waals surface area contributed by atoms with Crippen LogP contribution in [0, 0.1) is 5.82 Å². The summed E-state index contributed by atoms with van der Waals surface area (Å²) in [6.45, 7) is 1.18. The number of ether oxygens (including phenoxy) is 2. The van der Waals surface area contributed by atoms with Crippen LogP contribution in [0.15, 0.2) is 24.3 Å². The van der Waals surface area contributed by atoms with Crippen molar-refractivity contribution < 1.29 is 13.9 Å². The van der Waals surface area contributed by atoms with E-state index in [-0.39, 0.29) is 5.82 Å². The van der Waals surface area contributed by atoms with Gasteiger partial charge in [0.1, 0.15) is 11.6 Å². The monoisotopic (exact) mass is 208 g/mol. The third-order valence-corrected chi connectivity index (χ3v) is 2.41. The molecule has 3 heteroatoms. The van der Waals surface area contributed by atoms with Crippen molar-refractivity contribution in [2.45, 2.75) is 6.42 Å². The number of fused-ring (bicyclic) bond motifs is 1. The van der Waals surface area contributed by atoms with Gasteiger partial charge >= 0.3 is 0 Å². The smallest absolute Gasteiger partial charge is 0.129 e. The van der Waals surface area contributed by atoms with Gasteiger partial charge in [0, 0.05) is 25.2 Å². The molecule has 1 aliphatic rings. The molecule has 80 valence electrons. The van der Waals surface area contributed by atoms with E-state index in [0.29, 0.717) is 19.0 Å². The van der Waals surface area contributed by atoms with E-state index in [0.717, 1.165) is 17.6 Å². The van der Waals surface area contributed by atoms with Crippen LogP contribution < -0.4 is 4.74 Å². The molecule has 0 saturated heterocycles. The Bertz CT molecular complexity index is 385. The first-order chi connectivity index (χ1) is 7.31. The lowest BCUT2D eigenvalue weighted by molar-refractivity contribution is 0.233. The summed E-state index contributed by atoms with van der Waals surface area (Å²) in [5.74, 6) is 0.366. The molecule has 1 aromatic carbocycles. The summed E-state index contributed by atoms with van der Waals surface area (Å²) in [6.07, 6.45) is 2.86. The van der Waals surface area contributed by atoms with Crippen LogP contribution >= 0.6 is 0 Å². The van der Waals surface area contributed by atoms with E-state index in [4.69, 9.17) is 9.47 Å². The highest BCUT2D eigenvalue weighted by Crippen LogP contribution is 2.33. The molecule has 2 rings (SSSR count). The Morgan fingerprint density at radius 2 is 2.40 bits per heavy atom. The first-order valence-electron chi connectivity index (χ1n) is 4.92. The van der Waals surface area contributed by atoms with E-state index >= 15 is 0 Å². The number of halogens is 1. The fourth-order valence-corrected chi connectivity index (χ4v) is 1.68. The molecule has 0 atom stereocenters. The summed E-state index contributed by atoms with van der Waals surface area (Å²) < 4.78 is 23.3. The second-order valence-electron chi connectivity index (χ2n) is 3.42. The normalized spacial score (nSPS) is 17.3. The molecule has 1 aliphatic heterocycles.